The molecule has 0 saturated heterocycles. The van der Waals surface area contributed by atoms with Crippen molar-refractivity contribution >= 4 is 15.9 Å². The van der Waals surface area contributed by atoms with E-state index in [4.69, 9.17) is 0 Å². The Morgan fingerprint density at radius 3 is 2.53 bits per heavy atom. The van der Waals surface area contributed by atoms with Crippen LogP contribution in [0.1, 0.15) is 19.4 Å². The van der Waals surface area contributed by atoms with Crippen molar-refractivity contribution in [2.75, 3.05) is 6.54 Å². The van der Waals surface area contributed by atoms with Crippen LogP contribution in [0.4, 0.5) is 0 Å². The molecule has 0 spiro atoms. The van der Waals surface area contributed by atoms with E-state index in [1.807, 2.05) is 7.05 Å². The molecule has 0 bridgehead atoms. The first-order valence-electron chi connectivity index (χ1n) is 6.49. The normalized spacial score (nSPS) is 12.6. The molecule has 0 aliphatic carbocycles. The molecule has 0 aliphatic rings. The first kappa shape index (κ1) is 14.2. The van der Waals surface area contributed by atoms with Crippen molar-refractivity contribution < 1.29 is 0 Å². The largest absolute Gasteiger partial charge is 0.314 e. The van der Waals surface area contributed by atoms with Crippen LogP contribution in [-0.4, -0.2) is 27.6 Å². The van der Waals surface area contributed by atoms with Crippen molar-refractivity contribution in [2.45, 2.75) is 26.3 Å². The van der Waals surface area contributed by atoms with Crippen LogP contribution >= 0.6 is 15.9 Å². The summed E-state index contributed by atoms with van der Waals surface area (Å²) in [6.07, 6.45) is 1.04. The third kappa shape index (κ3) is 3.42. The lowest BCUT2D eigenvalue weighted by Crippen LogP contribution is -2.27. The molecule has 0 saturated carbocycles. The zero-order valence-electron chi connectivity index (χ0n) is 11.5. The van der Waals surface area contributed by atoms with Crippen molar-refractivity contribution in [3.05, 3.63) is 34.4 Å². The summed E-state index contributed by atoms with van der Waals surface area (Å²) < 4.78 is 2.56. The van der Waals surface area contributed by atoms with Gasteiger partial charge in [-0.15, -0.1) is 5.10 Å². The minimum atomic E-state index is 0.501. The Morgan fingerprint density at radius 2 is 2.00 bits per heavy atom. The summed E-state index contributed by atoms with van der Waals surface area (Å²) in [5, 5.41) is 11.4. The van der Waals surface area contributed by atoms with Crippen molar-refractivity contribution in [3.8, 4) is 11.3 Å². The molecule has 1 heterocycles. The van der Waals surface area contributed by atoms with Crippen LogP contribution in [0.25, 0.3) is 11.3 Å². The average molecular weight is 323 g/mol. The van der Waals surface area contributed by atoms with E-state index in [9.17, 15) is 0 Å². The second kappa shape index (κ2) is 6.30. The lowest BCUT2D eigenvalue weighted by Gasteiger charge is -2.12. The maximum absolute atomic E-state index is 4.01. The molecule has 0 aliphatic heterocycles. The SMILES string of the molecule is CCNC(C)Cc1ccc(-c2c(Br)nnn2C)cc1. The van der Waals surface area contributed by atoms with Crippen molar-refractivity contribution in [3.63, 3.8) is 0 Å². The van der Waals surface area contributed by atoms with Gasteiger partial charge in [-0.2, -0.15) is 0 Å². The van der Waals surface area contributed by atoms with E-state index < -0.39 is 0 Å². The van der Waals surface area contributed by atoms with Gasteiger partial charge in [0.25, 0.3) is 0 Å². The summed E-state index contributed by atoms with van der Waals surface area (Å²) in [5.41, 5.74) is 3.47. The maximum atomic E-state index is 4.01. The molecule has 1 unspecified atom stereocenters. The van der Waals surface area contributed by atoms with Crippen LogP contribution in [0.3, 0.4) is 0 Å². The smallest absolute Gasteiger partial charge is 0.156 e. The summed E-state index contributed by atoms with van der Waals surface area (Å²) in [6, 6.07) is 9.08. The monoisotopic (exact) mass is 322 g/mol. The fourth-order valence-corrected chi connectivity index (χ4v) is 2.77. The van der Waals surface area contributed by atoms with Gasteiger partial charge in [-0.3, -0.25) is 0 Å². The standard InChI is InChI=1S/C14H19BrN4/c1-4-16-10(2)9-11-5-7-12(8-6-11)13-14(15)17-18-19(13)3/h5-8,10,16H,4,9H2,1-3H3. The third-order valence-corrected chi connectivity index (χ3v) is 3.64. The van der Waals surface area contributed by atoms with Crippen molar-refractivity contribution in [1.82, 2.24) is 20.3 Å². The van der Waals surface area contributed by atoms with Crippen LogP contribution in [0.5, 0.6) is 0 Å². The second-order valence-electron chi connectivity index (χ2n) is 4.71. The number of benzene rings is 1. The van der Waals surface area contributed by atoms with Gasteiger partial charge in [0.15, 0.2) is 4.60 Å². The van der Waals surface area contributed by atoms with Crippen LogP contribution in [0.2, 0.25) is 0 Å². The third-order valence-electron chi connectivity index (χ3n) is 3.11. The van der Waals surface area contributed by atoms with E-state index in [-0.39, 0.29) is 0 Å². The molecule has 0 amide bonds. The zero-order chi connectivity index (χ0) is 13.8. The van der Waals surface area contributed by atoms with Gasteiger partial charge >= 0.3 is 0 Å². The highest BCUT2D eigenvalue weighted by atomic mass is 79.9. The zero-order valence-corrected chi connectivity index (χ0v) is 13.1. The van der Waals surface area contributed by atoms with E-state index in [0.29, 0.717) is 6.04 Å². The van der Waals surface area contributed by atoms with Crippen LogP contribution in [0, 0.1) is 0 Å². The quantitative estimate of drug-likeness (QED) is 0.920. The minimum Gasteiger partial charge on any atom is -0.314 e. The minimum absolute atomic E-state index is 0.501. The highest BCUT2D eigenvalue weighted by Gasteiger charge is 2.10. The van der Waals surface area contributed by atoms with Gasteiger partial charge in [0.05, 0.1) is 0 Å². The van der Waals surface area contributed by atoms with E-state index in [1.54, 1.807) is 4.68 Å². The average Bonchev–Trinajstić information content (AvgIpc) is 2.71. The molecule has 2 aromatic rings. The van der Waals surface area contributed by atoms with Gasteiger partial charge in [0, 0.05) is 18.7 Å². The molecule has 1 aromatic carbocycles. The van der Waals surface area contributed by atoms with Crippen LogP contribution < -0.4 is 5.32 Å². The predicted octanol–water partition coefficient (Wildman–Crippen LogP) is 2.79. The van der Waals surface area contributed by atoms with Crippen molar-refractivity contribution in [1.29, 1.82) is 0 Å². The molecule has 4 nitrogen and oxygen atoms in total. The Morgan fingerprint density at radius 1 is 1.32 bits per heavy atom. The van der Waals surface area contributed by atoms with Gasteiger partial charge in [-0.25, -0.2) is 4.68 Å². The molecular weight excluding hydrogens is 304 g/mol. The Balaban J connectivity index is 2.15. The summed E-state index contributed by atoms with van der Waals surface area (Å²) in [5.74, 6) is 0. The van der Waals surface area contributed by atoms with Crippen molar-refractivity contribution in [2.24, 2.45) is 7.05 Å². The Labute approximate surface area is 122 Å². The number of likely N-dealkylation sites (N-methyl/N-ethyl adjacent to an activating group) is 1. The number of aromatic nitrogens is 3. The Hall–Kier alpha value is -1.20. The van der Waals surface area contributed by atoms with Gasteiger partial charge in [-0.05, 0) is 41.4 Å². The summed E-state index contributed by atoms with van der Waals surface area (Å²) >= 11 is 3.43. The van der Waals surface area contributed by atoms with Gasteiger partial charge in [0.1, 0.15) is 5.69 Å². The molecule has 19 heavy (non-hydrogen) atoms. The molecule has 0 radical (unpaired) electrons. The molecule has 1 aromatic heterocycles. The number of hydrogen-bond donors (Lipinski definition) is 1. The lowest BCUT2D eigenvalue weighted by atomic mass is 10.0. The van der Waals surface area contributed by atoms with Gasteiger partial charge in [-0.1, -0.05) is 36.4 Å². The topological polar surface area (TPSA) is 42.7 Å². The van der Waals surface area contributed by atoms with E-state index in [0.717, 1.165) is 28.8 Å². The summed E-state index contributed by atoms with van der Waals surface area (Å²) in [7, 11) is 1.90. The molecule has 0 fully saturated rings. The Kier molecular flexibility index (Phi) is 4.71. The number of hydrogen-bond acceptors (Lipinski definition) is 3. The molecular formula is C14H19BrN4. The number of nitrogens with one attached hydrogen (secondary N) is 1. The molecule has 2 rings (SSSR count). The lowest BCUT2D eigenvalue weighted by molar-refractivity contribution is 0.565. The molecule has 102 valence electrons. The molecule has 5 heteroatoms. The maximum Gasteiger partial charge on any atom is 0.156 e. The van der Waals surface area contributed by atoms with Crippen LogP contribution in [0.15, 0.2) is 28.9 Å². The van der Waals surface area contributed by atoms with Gasteiger partial charge < -0.3 is 5.32 Å². The van der Waals surface area contributed by atoms with Gasteiger partial charge in [0.2, 0.25) is 0 Å². The highest BCUT2D eigenvalue weighted by molar-refractivity contribution is 9.10. The van der Waals surface area contributed by atoms with E-state index >= 15 is 0 Å². The fourth-order valence-electron chi connectivity index (χ4n) is 2.21. The first-order valence-corrected chi connectivity index (χ1v) is 7.29. The van der Waals surface area contributed by atoms with Crippen LogP contribution in [-0.2, 0) is 13.5 Å². The molecule has 1 atom stereocenters. The predicted molar refractivity (Wildman–Crippen MR) is 81.0 cm³/mol. The van der Waals surface area contributed by atoms with E-state index in [1.165, 1.54) is 5.56 Å². The summed E-state index contributed by atoms with van der Waals surface area (Å²) in [4.78, 5) is 0. The highest BCUT2D eigenvalue weighted by Crippen LogP contribution is 2.25. The second-order valence-corrected chi connectivity index (χ2v) is 5.46. The van der Waals surface area contributed by atoms with E-state index in [2.05, 4.69) is 69.7 Å². The fraction of sp³-hybridized carbons (Fsp3) is 0.429. The first-order chi connectivity index (χ1) is 9.11. The Bertz CT molecular complexity index is 513. The number of nitrogens with zero attached hydrogens (tertiary/aromatic N) is 3. The number of rotatable bonds is 5. The number of halogens is 1. The summed E-state index contributed by atoms with van der Waals surface area (Å²) in [6.45, 7) is 5.35. The number of aryl methyl sites for hydroxylation is 1. The molecule has 1 N–H and O–H groups in total.